The van der Waals surface area contributed by atoms with Gasteiger partial charge in [0.05, 0.1) is 0 Å². The van der Waals surface area contributed by atoms with E-state index in [4.69, 9.17) is 9.90 Å². The van der Waals surface area contributed by atoms with Gasteiger partial charge in [0.1, 0.15) is 0 Å². The molecule has 0 fully saturated rings. The molecule has 0 N–H and O–H groups in total. The van der Waals surface area contributed by atoms with E-state index in [1.807, 2.05) is 6.07 Å². The Bertz CT molecular complexity index is 179. The second kappa shape index (κ2) is 14.0. The van der Waals surface area contributed by atoms with E-state index in [0.29, 0.717) is 0 Å². The van der Waals surface area contributed by atoms with Crippen LogP contribution in [0.3, 0.4) is 0 Å². The molecule has 3 nitrogen and oxygen atoms in total. The molecule has 0 spiro atoms. The molecule has 0 unspecified atom stereocenters. The van der Waals surface area contributed by atoms with Gasteiger partial charge in [-0.2, -0.15) is 0 Å². The van der Waals surface area contributed by atoms with Crippen LogP contribution in [-0.4, -0.2) is 6.47 Å². The topological polar surface area (TPSA) is 63.2 Å². The van der Waals surface area contributed by atoms with E-state index in [0.717, 1.165) is 0 Å². The van der Waals surface area contributed by atoms with Crippen LogP contribution in [-0.2, 0) is 4.79 Å². The summed E-state index contributed by atoms with van der Waals surface area (Å²) in [4.78, 5) is 8.25. The molecule has 0 aliphatic carbocycles. The Kier molecular flexibility index (Phi) is 21.4. The third kappa shape index (κ3) is 13.1. The molecule has 0 aliphatic rings. The molecule has 5 heteroatoms. The first-order valence-electron chi connectivity index (χ1n) is 2.59. The number of carbonyl (C=O) groups is 1. The zero-order chi connectivity index (χ0) is 7.82. The molecular weight excluding hydrogens is 178 g/mol. The van der Waals surface area contributed by atoms with Crippen molar-refractivity contribution in [2.45, 2.75) is 0 Å². The van der Waals surface area contributed by atoms with Crippen molar-refractivity contribution >= 4 is 6.47 Å². The van der Waals surface area contributed by atoms with E-state index in [-0.39, 0.29) is 64.9 Å². The quantitative estimate of drug-likeness (QED) is 0.297. The van der Waals surface area contributed by atoms with Crippen LogP contribution in [0.1, 0.15) is 0 Å². The zero-order valence-electron chi connectivity index (χ0n) is 7.19. The molecule has 0 atom stereocenters. The van der Waals surface area contributed by atoms with Crippen LogP contribution >= 0.6 is 0 Å². The summed E-state index contributed by atoms with van der Waals surface area (Å²) in [6.07, 6.45) is 0. The second-order valence-corrected chi connectivity index (χ2v) is 1.41. The molecule has 0 amide bonds. The van der Waals surface area contributed by atoms with Crippen molar-refractivity contribution < 1.29 is 74.1 Å². The summed E-state index contributed by atoms with van der Waals surface area (Å²) in [7, 11) is 0. The molecular formula is C7H6Na2O3. The van der Waals surface area contributed by atoms with Gasteiger partial charge in [-0.25, -0.2) is 0 Å². The summed E-state index contributed by atoms with van der Waals surface area (Å²) in [6.45, 7) is -0.500. The minimum atomic E-state index is -0.500. The molecule has 12 heavy (non-hydrogen) atoms. The van der Waals surface area contributed by atoms with Crippen LogP contribution in [0.15, 0.2) is 30.3 Å². The fraction of sp³-hybridized carbons (Fsp3) is 0. The second-order valence-electron chi connectivity index (χ2n) is 1.41. The Balaban J connectivity index is -0.000000146. The van der Waals surface area contributed by atoms with Crippen molar-refractivity contribution in [3.05, 3.63) is 30.3 Å². The Morgan fingerprint density at radius 1 is 1.08 bits per heavy atom. The first-order valence-corrected chi connectivity index (χ1v) is 2.59. The predicted octanol–water partition coefficient (Wildman–Crippen LogP) is -6.87. The molecule has 0 aliphatic heterocycles. The minimum absolute atomic E-state index is 0. The average Bonchev–Trinajstić information content (AvgIpc) is 1.91. The van der Waals surface area contributed by atoms with Crippen molar-refractivity contribution in [2.24, 2.45) is 0 Å². The van der Waals surface area contributed by atoms with Crippen LogP contribution in [0.4, 0.5) is 0 Å². The molecule has 0 bridgehead atoms. The summed E-state index contributed by atoms with van der Waals surface area (Å²) >= 11 is 0. The third-order valence-corrected chi connectivity index (χ3v) is 0.743. The van der Waals surface area contributed by atoms with Gasteiger partial charge >= 0.3 is 59.1 Å². The smallest absolute Gasteiger partial charge is 0.872 e. The maximum Gasteiger partial charge on any atom is 1.00 e. The molecule has 54 valence electrons. The maximum atomic E-state index is 10.3. The van der Waals surface area contributed by atoms with E-state index in [1.165, 1.54) is 12.1 Å². The minimum Gasteiger partial charge on any atom is -0.872 e. The van der Waals surface area contributed by atoms with E-state index >= 15 is 0 Å². The predicted molar refractivity (Wildman–Crippen MR) is 32.0 cm³/mol. The molecule has 0 aromatic heterocycles. The Morgan fingerprint density at radius 3 is 1.58 bits per heavy atom. The Morgan fingerprint density at radius 2 is 1.42 bits per heavy atom. The standard InChI is InChI=1S/C6H6O.CH2O2.2Na/c7-6-4-2-1-3-5-6;2-1-3;;/h1-5,7H;1H,(H,2,3);;/q;;2*+1/p-2. The summed E-state index contributed by atoms with van der Waals surface area (Å²) in [6, 6.07) is 8.33. The van der Waals surface area contributed by atoms with E-state index in [9.17, 15) is 5.11 Å². The number of hydrogen-bond acceptors (Lipinski definition) is 3. The number of para-hydroxylation sites is 1. The van der Waals surface area contributed by atoms with E-state index in [2.05, 4.69) is 0 Å². The molecule has 0 heterocycles. The van der Waals surface area contributed by atoms with Gasteiger partial charge in [0.2, 0.25) is 0 Å². The van der Waals surface area contributed by atoms with Crippen molar-refractivity contribution in [1.29, 1.82) is 0 Å². The fourth-order valence-electron chi connectivity index (χ4n) is 0.420. The van der Waals surface area contributed by atoms with Crippen molar-refractivity contribution in [3.8, 4) is 5.75 Å². The Labute approximate surface area is 115 Å². The van der Waals surface area contributed by atoms with Crippen LogP contribution in [0.2, 0.25) is 0 Å². The van der Waals surface area contributed by atoms with Crippen LogP contribution in [0, 0.1) is 0 Å². The fourth-order valence-corrected chi connectivity index (χ4v) is 0.420. The molecule has 0 saturated carbocycles. The molecule has 1 aromatic rings. The SMILES string of the molecule is O=C[O-].[Na+].[Na+].[O-]c1ccccc1. The van der Waals surface area contributed by atoms with Gasteiger partial charge in [-0.15, -0.1) is 5.75 Å². The van der Waals surface area contributed by atoms with Gasteiger partial charge in [0, 0.05) is 6.47 Å². The van der Waals surface area contributed by atoms with Gasteiger partial charge in [0.15, 0.2) is 0 Å². The zero-order valence-corrected chi connectivity index (χ0v) is 11.2. The molecule has 1 rings (SSSR count). The van der Waals surface area contributed by atoms with Crippen molar-refractivity contribution in [2.75, 3.05) is 0 Å². The summed E-state index contributed by atoms with van der Waals surface area (Å²) in [5.41, 5.74) is 0. The average molecular weight is 184 g/mol. The number of carboxylic acid groups (broad SMARTS) is 1. The van der Waals surface area contributed by atoms with Crippen molar-refractivity contribution in [1.82, 2.24) is 0 Å². The van der Waals surface area contributed by atoms with Crippen LogP contribution in [0.25, 0.3) is 0 Å². The number of hydrogen-bond donors (Lipinski definition) is 0. The maximum absolute atomic E-state index is 10.3. The largest absolute Gasteiger partial charge is 1.00 e. The molecule has 1 aromatic carbocycles. The van der Waals surface area contributed by atoms with Gasteiger partial charge in [0.25, 0.3) is 0 Å². The van der Waals surface area contributed by atoms with Crippen LogP contribution in [0.5, 0.6) is 5.75 Å². The first-order chi connectivity index (χ1) is 4.81. The number of benzene rings is 1. The monoisotopic (exact) mass is 184 g/mol. The van der Waals surface area contributed by atoms with Gasteiger partial charge < -0.3 is 15.0 Å². The Hall–Kier alpha value is 0.490. The molecule has 0 saturated heterocycles. The number of rotatable bonds is 0. The van der Waals surface area contributed by atoms with Gasteiger partial charge in [-0.1, -0.05) is 30.3 Å². The summed E-state index contributed by atoms with van der Waals surface area (Å²) < 4.78 is 0. The van der Waals surface area contributed by atoms with Gasteiger partial charge in [-0.05, 0) is 0 Å². The summed E-state index contributed by atoms with van der Waals surface area (Å²) in [5, 5.41) is 18.5. The molecule has 0 radical (unpaired) electrons. The third-order valence-electron chi connectivity index (χ3n) is 0.743. The van der Waals surface area contributed by atoms with E-state index < -0.39 is 6.47 Å². The van der Waals surface area contributed by atoms with Crippen LogP contribution < -0.4 is 69.3 Å². The van der Waals surface area contributed by atoms with Crippen molar-refractivity contribution in [3.63, 3.8) is 0 Å². The van der Waals surface area contributed by atoms with E-state index in [1.54, 1.807) is 12.1 Å². The first kappa shape index (κ1) is 18.3. The number of carbonyl (C=O) groups excluding carboxylic acids is 1. The summed E-state index contributed by atoms with van der Waals surface area (Å²) in [5.74, 6) is 0.0718. The normalized spacial score (nSPS) is 6.00. The van der Waals surface area contributed by atoms with Gasteiger partial charge in [-0.3, -0.25) is 0 Å².